The lowest BCUT2D eigenvalue weighted by Gasteiger charge is -2.06. The van der Waals surface area contributed by atoms with Crippen LogP contribution in [-0.4, -0.2) is 9.55 Å². The first-order chi connectivity index (χ1) is 7.09. The van der Waals surface area contributed by atoms with Gasteiger partial charge >= 0.3 is 0 Å². The van der Waals surface area contributed by atoms with Gasteiger partial charge in [0.15, 0.2) is 4.77 Å². The van der Waals surface area contributed by atoms with Crippen LogP contribution < -0.4 is 0 Å². The maximum atomic E-state index is 13.4. The number of hydrogen-bond acceptors (Lipinski definition) is 1. The van der Waals surface area contributed by atoms with Crippen LogP contribution in [0.5, 0.6) is 0 Å². The molecule has 0 aliphatic rings. The first-order valence-corrected chi connectivity index (χ1v) is 5.04. The number of imidazole rings is 1. The lowest BCUT2D eigenvalue weighted by Crippen LogP contribution is -1.97. The fourth-order valence-electron chi connectivity index (χ4n) is 1.50. The molecule has 0 saturated heterocycles. The summed E-state index contributed by atoms with van der Waals surface area (Å²) in [5.74, 6) is -0.213. The van der Waals surface area contributed by atoms with Gasteiger partial charge in [-0.1, -0.05) is 6.07 Å². The van der Waals surface area contributed by atoms with E-state index in [9.17, 15) is 4.39 Å². The molecule has 78 valence electrons. The minimum atomic E-state index is -0.213. The Bertz CT molecular complexity index is 554. The van der Waals surface area contributed by atoms with Crippen LogP contribution in [0.1, 0.15) is 11.3 Å². The molecule has 0 bridgehead atoms. The van der Waals surface area contributed by atoms with E-state index >= 15 is 0 Å². The molecule has 15 heavy (non-hydrogen) atoms. The number of halogens is 1. The molecule has 0 unspecified atom stereocenters. The molecule has 0 atom stereocenters. The number of aryl methyl sites for hydroxylation is 2. The maximum absolute atomic E-state index is 13.4. The van der Waals surface area contributed by atoms with E-state index in [1.165, 1.54) is 6.07 Å². The molecule has 1 N–H and O–H groups in total. The minimum Gasteiger partial charge on any atom is -0.337 e. The molecule has 0 amide bonds. The van der Waals surface area contributed by atoms with Gasteiger partial charge < -0.3 is 4.98 Å². The number of aromatic nitrogens is 2. The smallest absolute Gasteiger partial charge is 0.182 e. The van der Waals surface area contributed by atoms with Crippen LogP contribution in [0.4, 0.5) is 4.39 Å². The molecular formula is C11H11FN2S. The quantitative estimate of drug-likeness (QED) is 0.734. The van der Waals surface area contributed by atoms with Crippen LogP contribution in [0.25, 0.3) is 5.69 Å². The summed E-state index contributed by atoms with van der Waals surface area (Å²) in [4.78, 5) is 2.92. The van der Waals surface area contributed by atoms with Crippen molar-refractivity contribution in [1.82, 2.24) is 9.55 Å². The van der Waals surface area contributed by atoms with Crippen LogP contribution >= 0.6 is 12.2 Å². The van der Waals surface area contributed by atoms with Gasteiger partial charge in [0, 0.05) is 11.9 Å². The summed E-state index contributed by atoms with van der Waals surface area (Å²) in [5, 5.41) is 0. The fraction of sp³-hybridized carbons (Fsp3) is 0.182. The number of hydrogen-bond donors (Lipinski definition) is 1. The Morgan fingerprint density at radius 1 is 1.33 bits per heavy atom. The Morgan fingerprint density at radius 3 is 2.60 bits per heavy atom. The summed E-state index contributed by atoms with van der Waals surface area (Å²) in [5.41, 5.74) is 2.35. The second-order valence-corrected chi connectivity index (χ2v) is 3.89. The molecule has 0 fully saturated rings. The zero-order valence-corrected chi connectivity index (χ0v) is 9.36. The van der Waals surface area contributed by atoms with Crippen molar-refractivity contribution in [3.63, 3.8) is 0 Å². The zero-order chi connectivity index (χ0) is 11.0. The maximum Gasteiger partial charge on any atom is 0.182 e. The summed E-state index contributed by atoms with van der Waals surface area (Å²) in [6.07, 6.45) is 1.81. The van der Waals surface area contributed by atoms with E-state index in [-0.39, 0.29) is 5.82 Å². The van der Waals surface area contributed by atoms with Crippen molar-refractivity contribution in [3.05, 3.63) is 46.2 Å². The SMILES string of the molecule is Cc1ccc(-n2c(C)c[nH]c2=S)cc1F. The van der Waals surface area contributed by atoms with Gasteiger partial charge in [0.2, 0.25) is 0 Å². The van der Waals surface area contributed by atoms with E-state index in [1.807, 2.05) is 13.0 Å². The van der Waals surface area contributed by atoms with E-state index in [4.69, 9.17) is 12.2 Å². The molecule has 0 aliphatic heterocycles. The Labute approximate surface area is 92.4 Å². The highest BCUT2D eigenvalue weighted by Gasteiger charge is 2.04. The first kappa shape index (κ1) is 10.1. The summed E-state index contributed by atoms with van der Waals surface area (Å²) < 4.78 is 15.8. The van der Waals surface area contributed by atoms with Crippen molar-refractivity contribution in [2.75, 3.05) is 0 Å². The number of H-pyrrole nitrogens is 1. The molecule has 2 nitrogen and oxygen atoms in total. The number of benzene rings is 1. The van der Waals surface area contributed by atoms with Crippen molar-refractivity contribution in [3.8, 4) is 5.69 Å². The van der Waals surface area contributed by atoms with Gasteiger partial charge in [0.1, 0.15) is 5.82 Å². The van der Waals surface area contributed by atoms with Crippen LogP contribution in [0.15, 0.2) is 24.4 Å². The van der Waals surface area contributed by atoms with Crippen molar-refractivity contribution in [2.24, 2.45) is 0 Å². The third kappa shape index (κ3) is 1.72. The predicted octanol–water partition coefficient (Wildman–Crippen LogP) is 3.29. The van der Waals surface area contributed by atoms with Crippen molar-refractivity contribution in [1.29, 1.82) is 0 Å². The molecular weight excluding hydrogens is 211 g/mol. The number of rotatable bonds is 1. The highest BCUT2D eigenvalue weighted by Crippen LogP contribution is 2.15. The number of nitrogens with zero attached hydrogens (tertiary/aromatic N) is 1. The molecule has 1 heterocycles. The number of nitrogens with one attached hydrogen (secondary N) is 1. The van der Waals surface area contributed by atoms with Crippen molar-refractivity contribution in [2.45, 2.75) is 13.8 Å². The summed E-state index contributed by atoms with van der Waals surface area (Å²) in [7, 11) is 0. The van der Waals surface area contributed by atoms with Crippen molar-refractivity contribution >= 4 is 12.2 Å². The normalized spacial score (nSPS) is 10.6. The van der Waals surface area contributed by atoms with Gasteiger partial charge in [0.05, 0.1) is 5.69 Å². The fourth-order valence-corrected chi connectivity index (χ4v) is 1.81. The highest BCUT2D eigenvalue weighted by atomic mass is 32.1. The second kappa shape index (κ2) is 3.62. The summed E-state index contributed by atoms with van der Waals surface area (Å²) in [6.45, 7) is 3.66. The predicted molar refractivity (Wildman–Crippen MR) is 60.4 cm³/mol. The zero-order valence-electron chi connectivity index (χ0n) is 8.54. The Hall–Kier alpha value is -1.42. The van der Waals surface area contributed by atoms with Gasteiger partial charge in [0.25, 0.3) is 0 Å². The van der Waals surface area contributed by atoms with E-state index in [2.05, 4.69) is 4.98 Å². The summed E-state index contributed by atoms with van der Waals surface area (Å²) in [6, 6.07) is 5.10. The van der Waals surface area contributed by atoms with Crippen LogP contribution in [0.3, 0.4) is 0 Å². The van der Waals surface area contributed by atoms with Gasteiger partial charge in [-0.05, 0) is 43.8 Å². The van der Waals surface area contributed by atoms with Gasteiger partial charge in [-0.15, -0.1) is 0 Å². The Kier molecular flexibility index (Phi) is 2.44. The lowest BCUT2D eigenvalue weighted by molar-refractivity contribution is 0.617. The number of aromatic amines is 1. The highest BCUT2D eigenvalue weighted by molar-refractivity contribution is 7.71. The molecule has 0 spiro atoms. The standard InChI is InChI=1S/C11H11FN2S/c1-7-3-4-9(5-10(7)12)14-8(2)6-13-11(14)15/h3-6H,1-2H3,(H,13,15). The third-order valence-electron chi connectivity index (χ3n) is 2.37. The minimum absolute atomic E-state index is 0.213. The Morgan fingerprint density at radius 2 is 2.07 bits per heavy atom. The monoisotopic (exact) mass is 222 g/mol. The van der Waals surface area contributed by atoms with E-state index in [1.54, 1.807) is 23.8 Å². The first-order valence-electron chi connectivity index (χ1n) is 4.63. The van der Waals surface area contributed by atoms with Crippen LogP contribution in [-0.2, 0) is 0 Å². The van der Waals surface area contributed by atoms with Gasteiger partial charge in [-0.2, -0.15) is 0 Å². The van der Waals surface area contributed by atoms with Crippen molar-refractivity contribution < 1.29 is 4.39 Å². The van der Waals surface area contributed by atoms with Crippen LogP contribution in [0.2, 0.25) is 0 Å². The molecule has 4 heteroatoms. The third-order valence-corrected chi connectivity index (χ3v) is 2.67. The van der Waals surface area contributed by atoms with Crippen LogP contribution in [0, 0.1) is 24.4 Å². The van der Waals surface area contributed by atoms with E-state index in [0.717, 1.165) is 11.4 Å². The lowest BCUT2D eigenvalue weighted by atomic mass is 10.2. The molecule has 2 aromatic rings. The Balaban J connectivity index is 2.65. The second-order valence-electron chi connectivity index (χ2n) is 3.50. The molecule has 1 aromatic heterocycles. The topological polar surface area (TPSA) is 20.7 Å². The molecule has 0 saturated carbocycles. The van der Waals surface area contributed by atoms with Gasteiger partial charge in [-0.3, -0.25) is 4.57 Å². The molecule has 0 aliphatic carbocycles. The molecule has 0 radical (unpaired) electrons. The molecule has 1 aromatic carbocycles. The average Bonchev–Trinajstić information content (AvgIpc) is 2.52. The average molecular weight is 222 g/mol. The summed E-state index contributed by atoms with van der Waals surface area (Å²) >= 11 is 5.12. The van der Waals surface area contributed by atoms with Gasteiger partial charge in [-0.25, -0.2) is 4.39 Å². The van der Waals surface area contributed by atoms with E-state index in [0.29, 0.717) is 10.3 Å². The molecule has 2 rings (SSSR count). The van der Waals surface area contributed by atoms with E-state index < -0.39 is 0 Å². The largest absolute Gasteiger partial charge is 0.337 e.